The lowest BCUT2D eigenvalue weighted by Crippen LogP contribution is -2.40. The largest absolute Gasteiger partial charge is 0.478 e. The number of anilines is 1. The minimum Gasteiger partial charge on any atom is -0.478 e. The standard InChI is InChI=1S/C29H33N3O6/c1-32(2,19-6-5-18-31(37)27(33)16-17-28(34)35)20-22-12-14-23(15-13-22)21-38-29(36)30-26-11-7-9-24-8-3-4-10-25(24)26/h3-4,7-17,37H,5-6,18-21H2,1-2H3,(H-,30,34,35,36)/p+1. The highest BCUT2D eigenvalue weighted by atomic mass is 16.5. The molecule has 2 amide bonds. The first kappa shape index (κ1) is 28.4. The third-order valence-corrected chi connectivity index (χ3v) is 6.04. The Hall–Kier alpha value is -4.21. The smallest absolute Gasteiger partial charge is 0.411 e. The summed E-state index contributed by atoms with van der Waals surface area (Å²) in [6.45, 7) is 1.90. The van der Waals surface area contributed by atoms with Crippen LogP contribution in [0.4, 0.5) is 10.5 Å². The average molecular weight is 521 g/mol. The number of hydroxylamine groups is 2. The number of ether oxygens (including phenoxy) is 1. The van der Waals surface area contributed by atoms with Gasteiger partial charge in [-0.15, -0.1) is 0 Å². The molecule has 0 atom stereocenters. The highest BCUT2D eigenvalue weighted by Gasteiger charge is 2.16. The molecular formula is C29H34N3O6+. The van der Waals surface area contributed by atoms with Gasteiger partial charge >= 0.3 is 12.1 Å². The number of fused-ring (bicyclic) bond motifs is 1. The van der Waals surface area contributed by atoms with E-state index >= 15 is 0 Å². The van der Waals surface area contributed by atoms with Crippen LogP contribution in [0.3, 0.4) is 0 Å². The van der Waals surface area contributed by atoms with Gasteiger partial charge in [0, 0.05) is 29.6 Å². The average Bonchev–Trinajstić information content (AvgIpc) is 2.89. The van der Waals surface area contributed by atoms with E-state index in [0.717, 1.165) is 47.5 Å². The molecule has 3 N–H and O–H groups in total. The number of benzene rings is 3. The summed E-state index contributed by atoms with van der Waals surface area (Å²) >= 11 is 0. The van der Waals surface area contributed by atoms with Crippen molar-refractivity contribution in [3.63, 3.8) is 0 Å². The number of hydrogen-bond acceptors (Lipinski definition) is 5. The highest BCUT2D eigenvalue weighted by Crippen LogP contribution is 2.23. The van der Waals surface area contributed by atoms with Gasteiger partial charge in [-0.2, -0.15) is 0 Å². The first-order valence-electron chi connectivity index (χ1n) is 12.4. The van der Waals surface area contributed by atoms with E-state index in [2.05, 4.69) is 19.4 Å². The number of amides is 2. The normalized spacial score (nSPS) is 11.4. The van der Waals surface area contributed by atoms with Gasteiger partial charge in [0.2, 0.25) is 0 Å². The van der Waals surface area contributed by atoms with Crippen molar-refractivity contribution in [2.24, 2.45) is 0 Å². The molecular weight excluding hydrogens is 486 g/mol. The Morgan fingerprint density at radius 1 is 0.921 bits per heavy atom. The lowest BCUT2D eigenvalue weighted by Gasteiger charge is -2.30. The van der Waals surface area contributed by atoms with Crippen molar-refractivity contribution in [3.8, 4) is 0 Å². The number of carboxylic acids is 1. The van der Waals surface area contributed by atoms with Crippen LogP contribution in [-0.4, -0.2) is 65.0 Å². The van der Waals surface area contributed by atoms with Gasteiger partial charge in [-0.05, 0) is 29.9 Å². The maximum atomic E-state index is 12.3. The van der Waals surface area contributed by atoms with E-state index in [1.54, 1.807) is 0 Å². The third kappa shape index (κ3) is 9.02. The van der Waals surface area contributed by atoms with Crippen LogP contribution in [0.2, 0.25) is 0 Å². The molecule has 0 spiro atoms. The zero-order valence-corrected chi connectivity index (χ0v) is 21.7. The van der Waals surface area contributed by atoms with Gasteiger partial charge in [-0.1, -0.05) is 60.7 Å². The van der Waals surface area contributed by atoms with Crippen LogP contribution in [-0.2, 0) is 27.5 Å². The molecule has 0 radical (unpaired) electrons. The van der Waals surface area contributed by atoms with E-state index in [1.165, 1.54) is 0 Å². The Labute approximate surface area is 222 Å². The van der Waals surface area contributed by atoms with Crippen LogP contribution in [0.25, 0.3) is 10.8 Å². The number of unbranched alkanes of at least 4 members (excludes halogenated alkanes) is 1. The van der Waals surface area contributed by atoms with Crippen molar-refractivity contribution in [2.75, 3.05) is 32.5 Å². The van der Waals surface area contributed by atoms with E-state index < -0.39 is 18.0 Å². The van der Waals surface area contributed by atoms with E-state index in [9.17, 15) is 19.6 Å². The number of carbonyl (C=O) groups excluding carboxylic acids is 2. The van der Waals surface area contributed by atoms with Crippen molar-refractivity contribution in [1.29, 1.82) is 0 Å². The summed E-state index contributed by atoms with van der Waals surface area (Å²) in [7, 11) is 4.21. The number of nitrogens with zero attached hydrogens (tertiary/aromatic N) is 2. The molecule has 0 aliphatic carbocycles. The fraction of sp³-hybridized carbons (Fsp3) is 0.276. The van der Waals surface area contributed by atoms with E-state index in [4.69, 9.17) is 9.84 Å². The minimum absolute atomic E-state index is 0.131. The van der Waals surface area contributed by atoms with Gasteiger partial charge in [-0.3, -0.25) is 15.3 Å². The number of carboxylic acid groups (broad SMARTS) is 1. The second-order valence-corrected chi connectivity index (χ2v) is 9.70. The van der Waals surface area contributed by atoms with E-state index in [0.29, 0.717) is 27.7 Å². The number of aliphatic carboxylic acids is 1. The van der Waals surface area contributed by atoms with Crippen LogP contribution in [0, 0.1) is 0 Å². The highest BCUT2D eigenvalue weighted by molar-refractivity contribution is 6.00. The van der Waals surface area contributed by atoms with Crippen molar-refractivity contribution >= 4 is 34.4 Å². The minimum atomic E-state index is -1.24. The molecule has 9 heteroatoms. The lowest BCUT2D eigenvalue weighted by molar-refractivity contribution is -0.903. The Morgan fingerprint density at radius 3 is 2.34 bits per heavy atom. The quantitative estimate of drug-likeness (QED) is 0.104. The summed E-state index contributed by atoms with van der Waals surface area (Å²) in [6, 6.07) is 21.5. The van der Waals surface area contributed by atoms with Crippen LogP contribution in [0.1, 0.15) is 24.0 Å². The first-order valence-corrected chi connectivity index (χ1v) is 12.4. The molecule has 0 fully saturated rings. The molecule has 0 bridgehead atoms. The number of nitrogens with one attached hydrogen (secondary N) is 1. The van der Waals surface area contributed by atoms with Crippen LogP contribution in [0.5, 0.6) is 0 Å². The number of rotatable bonds is 12. The summed E-state index contributed by atoms with van der Waals surface area (Å²) in [6.07, 6.45) is 2.38. The fourth-order valence-corrected chi connectivity index (χ4v) is 4.08. The molecule has 9 nitrogen and oxygen atoms in total. The van der Waals surface area contributed by atoms with Crippen LogP contribution >= 0.6 is 0 Å². The van der Waals surface area contributed by atoms with Crippen molar-refractivity contribution in [1.82, 2.24) is 5.06 Å². The second kappa shape index (κ2) is 13.4. The van der Waals surface area contributed by atoms with Crippen LogP contribution < -0.4 is 5.32 Å². The maximum absolute atomic E-state index is 12.3. The zero-order valence-electron chi connectivity index (χ0n) is 21.7. The zero-order chi connectivity index (χ0) is 27.5. The Bertz CT molecular complexity index is 1280. The molecule has 0 aliphatic heterocycles. The van der Waals surface area contributed by atoms with Gasteiger partial charge < -0.3 is 14.3 Å². The first-order chi connectivity index (χ1) is 18.1. The van der Waals surface area contributed by atoms with Crippen LogP contribution in [0.15, 0.2) is 78.9 Å². The summed E-state index contributed by atoms with van der Waals surface area (Å²) in [5.74, 6) is -2.00. The van der Waals surface area contributed by atoms with Crippen molar-refractivity contribution in [3.05, 3.63) is 90.0 Å². The monoisotopic (exact) mass is 520 g/mol. The second-order valence-electron chi connectivity index (χ2n) is 9.70. The number of hydrogen-bond donors (Lipinski definition) is 3. The summed E-state index contributed by atoms with van der Waals surface area (Å²) in [4.78, 5) is 34.4. The summed E-state index contributed by atoms with van der Waals surface area (Å²) < 4.78 is 6.12. The molecule has 0 unspecified atom stereocenters. The van der Waals surface area contributed by atoms with Gasteiger partial charge in [0.15, 0.2) is 0 Å². The number of quaternary nitrogens is 1. The predicted octanol–water partition coefficient (Wildman–Crippen LogP) is 4.80. The summed E-state index contributed by atoms with van der Waals surface area (Å²) in [5.41, 5.74) is 2.73. The van der Waals surface area contributed by atoms with Gasteiger partial charge in [0.05, 0.1) is 26.3 Å². The predicted molar refractivity (Wildman–Crippen MR) is 144 cm³/mol. The molecule has 3 aromatic carbocycles. The topological polar surface area (TPSA) is 116 Å². The Kier molecular flexibility index (Phi) is 9.98. The Balaban J connectivity index is 1.41. The SMILES string of the molecule is C[N+](C)(CCCCN(O)C(=O)C=CC(=O)O)Cc1ccc(COC(=O)Nc2cccc3ccccc23)cc1. The molecule has 3 aromatic rings. The van der Waals surface area contributed by atoms with Crippen molar-refractivity contribution < 1.29 is 33.9 Å². The molecule has 0 saturated heterocycles. The molecule has 38 heavy (non-hydrogen) atoms. The van der Waals surface area contributed by atoms with Gasteiger partial charge in [-0.25, -0.2) is 14.7 Å². The maximum Gasteiger partial charge on any atom is 0.411 e. The summed E-state index contributed by atoms with van der Waals surface area (Å²) in [5, 5.41) is 23.6. The molecule has 0 aliphatic rings. The van der Waals surface area contributed by atoms with Crippen molar-refractivity contribution in [2.45, 2.75) is 26.0 Å². The molecule has 200 valence electrons. The molecule has 3 rings (SSSR count). The molecule has 0 aromatic heterocycles. The van der Waals surface area contributed by atoms with E-state index in [1.807, 2.05) is 66.7 Å². The van der Waals surface area contributed by atoms with Gasteiger partial charge in [0.1, 0.15) is 13.2 Å². The molecule has 0 heterocycles. The lowest BCUT2D eigenvalue weighted by atomic mass is 10.1. The molecule has 0 saturated carbocycles. The number of carbonyl (C=O) groups is 3. The fourth-order valence-electron chi connectivity index (χ4n) is 4.08. The van der Waals surface area contributed by atoms with Gasteiger partial charge in [0.25, 0.3) is 5.91 Å². The third-order valence-electron chi connectivity index (χ3n) is 6.04. The Morgan fingerprint density at radius 2 is 1.61 bits per heavy atom. The van der Waals surface area contributed by atoms with E-state index in [-0.39, 0.29) is 13.2 Å².